The summed E-state index contributed by atoms with van der Waals surface area (Å²) in [5.74, 6) is -1.36. The molecule has 1 saturated carbocycles. The molecule has 2 aliphatic heterocycles. The Morgan fingerprint density at radius 2 is 1.85 bits per heavy atom. The number of para-hydroxylation sites is 1. The van der Waals surface area contributed by atoms with Crippen LogP contribution in [0.2, 0.25) is 0 Å². The quantitative estimate of drug-likeness (QED) is 0.589. The Labute approximate surface area is 158 Å². The van der Waals surface area contributed by atoms with Crippen LogP contribution in [-0.2, 0) is 19.1 Å². The Morgan fingerprint density at radius 3 is 2.44 bits per heavy atom. The number of piperidine rings is 1. The lowest BCUT2D eigenvalue weighted by Crippen LogP contribution is -2.74. The Balaban J connectivity index is 1.73. The largest absolute Gasteiger partial charge is 0.468 e. The van der Waals surface area contributed by atoms with Crippen LogP contribution in [-0.4, -0.2) is 61.1 Å². The molecule has 27 heavy (non-hydrogen) atoms. The molecule has 0 aromatic heterocycles. The number of ether oxygens (including phenoxy) is 1. The molecular formula is C20H25N3O4. The van der Waals surface area contributed by atoms with Crippen LogP contribution >= 0.6 is 0 Å². The van der Waals surface area contributed by atoms with E-state index in [9.17, 15) is 14.4 Å². The smallest absolute Gasteiger partial charge is 0.324 e. The highest BCUT2D eigenvalue weighted by Crippen LogP contribution is 2.63. The van der Waals surface area contributed by atoms with Crippen LogP contribution in [0.5, 0.6) is 0 Å². The number of carbonyl (C=O) groups is 3. The number of fused-ring (bicyclic) bond motifs is 4. The van der Waals surface area contributed by atoms with Gasteiger partial charge >= 0.3 is 5.97 Å². The number of imide groups is 1. The van der Waals surface area contributed by atoms with Crippen LogP contribution in [0.1, 0.15) is 19.8 Å². The highest BCUT2D eigenvalue weighted by Gasteiger charge is 2.74. The number of anilines is 1. The molecule has 0 bridgehead atoms. The number of hydrazine groups is 1. The first kappa shape index (κ1) is 18.1. The molecular weight excluding hydrogens is 346 g/mol. The van der Waals surface area contributed by atoms with Crippen LogP contribution in [0.15, 0.2) is 30.3 Å². The summed E-state index contributed by atoms with van der Waals surface area (Å²) < 4.78 is 4.99. The molecule has 2 amide bonds. The highest BCUT2D eigenvalue weighted by molar-refractivity contribution is 6.23. The molecule has 2 heterocycles. The lowest BCUT2D eigenvalue weighted by molar-refractivity contribution is -0.230. The van der Waals surface area contributed by atoms with E-state index in [1.54, 1.807) is 12.1 Å². The fraction of sp³-hybridized carbons (Fsp3) is 0.550. The Morgan fingerprint density at radius 1 is 1.19 bits per heavy atom. The number of amides is 2. The monoisotopic (exact) mass is 371 g/mol. The molecule has 5 atom stereocenters. The van der Waals surface area contributed by atoms with E-state index in [1.165, 1.54) is 12.0 Å². The second-order valence-corrected chi connectivity index (χ2v) is 8.11. The van der Waals surface area contributed by atoms with Gasteiger partial charge in [-0.15, -0.1) is 0 Å². The van der Waals surface area contributed by atoms with E-state index in [1.807, 2.05) is 42.3 Å². The van der Waals surface area contributed by atoms with E-state index in [4.69, 9.17) is 4.74 Å². The summed E-state index contributed by atoms with van der Waals surface area (Å²) in [6.45, 7) is 2.07. The van der Waals surface area contributed by atoms with Crippen LogP contribution < -0.4 is 4.90 Å². The maximum atomic E-state index is 13.2. The first-order valence-electron chi connectivity index (χ1n) is 9.29. The third kappa shape index (κ3) is 2.31. The highest BCUT2D eigenvalue weighted by atomic mass is 16.5. The van der Waals surface area contributed by atoms with Gasteiger partial charge in [-0.2, -0.15) is 0 Å². The summed E-state index contributed by atoms with van der Waals surface area (Å²) in [5, 5.41) is 3.82. The van der Waals surface area contributed by atoms with Crippen molar-refractivity contribution in [2.75, 3.05) is 26.1 Å². The first-order valence-corrected chi connectivity index (χ1v) is 9.29. The van der Waals surface area contributed by atoms with Crippen molar-refractivity contribution >= 4 is 23.5 Å². The average molecular weight is 371 g/mol. The third-order valence-electron chi connectivity index (χ3n) is 6.59. The van der Waals surface area contributed by atoms with Gasteiger partial charge in [-0.3, -0.25) is 14.4 Å². The van der Waals surface area contributed by atoms with Crippen molar-refractivity contribution in [3.8, 4) is 0 Å². The van der Waals surface area contributed by atoms with Crippen molar-refractivity contribution in [1.29, 1.82) is 0 Å². The van der Waals surface area contributed by atoms with E-state index in [2.05, 4.69) is 6.92 Å². The number of hydrogen-bond acceptors (Lipinski definition) is 6. The van der Waals surface area contributed by atoms with Crippen molar-refractivity contribution in [2.24, 2.45) is 17.3 Å². The summed E-state index contributed by atoms with van der Waals surface area (Å²) in [6.07, 6.45) is 1.32. The minimum atomic E-state index is -0.433. The molecule has 2 saturated heterocycles. The SMILES string of the molecule is COC(=O)C1CC[C@@]2(C)[C@H]3C(=O)N(c4ccccc4)C(=O)[C@H]3[C@H]2N1N(C)C. The molecule has 1 aromatic rings. The minimum absolute atomic E-state index is 0.120. The van der Waals surface area contributed by atoms with Gasteiger partial charge in [0.05, 0.1) is 24.6 Å². The topological polar surface area (TPSA) is 70.2 Å². The second-order valence-electron chi connectivity index (χ2n) is 8.11. The van der Waals surface area contributed by atoms with Crippen molar-refractivity contribution in [3.63, 3.8) is 0 Å². The zero-order valence-electron chi connectivity index (χ0n) is 16.1. The van der Waals surface area contributed by atoms with E-state index in [-0.39, 0.29) is 35.2 Å². The second kappa shape index (κ2) is 6.14. The van der Waals surface area contributed by atoms with Crippen molar-refractivity contribution in [1.82, 2.24) is 10.0 Å². The fourth-order valence-electron chi connectivity index (χ4n) is 5.44. The summed E-state index contributed by atoms with van der Waals surface area (Å²) in [4.78, 5) is 40.1. The molecule has 0 N–H and O–H groups in total. The van der Waals surface area contributed by atoms with E-state index >= 15 is 0 Å². The van der Waals surface area contributed by atoms with Crippen molar-refractivity contribution in [2.45, 2.75) is 31.8 Å². The van der Waals surface area contributed by atoms with Gasteiger partial charge in [0.1, 0.15) is 6.04 Å². The number of benzene rings is 1. The molecule has 1 aromatic carbocycles. The van der Waals surface area contributed by atoms with E-state index < -0.39 is 12.0 Å². The summed E-state index contributed by atoms with van der Waals surface area (Å²) in [5.41, 5.74) is 0.276. The van der Waals surface area contributed by atoms with Crippen LogP contribution in [0.3, 0.4) is 0 Å². The predicted octanol–water partition coefficient (Wildman–Crippen LogP) is 1.29. The molecule has 3 aliphatic rings. The standard InChI is InChI=1S/C20H25N3O4/c1-20-11-10-13(19(26)27-4)23(21(2)3)16(20)14-15(20)18(25)22(17(14)24)12-8-6-5-7-9-12/h5-9,13-16H,10-11H2,1-4H3/t13?,14-,15-,16-,20+/m1/s1. The average Bonchev–Trinajstić information content (AvgIpc) is 2.88. The maximum Gasteiger partial charge on any atom is 0.324 e. The van der Waals surface area contributed by atoms with Crippen molar-refractivity contribution in [3.05, 3.63) is 30.3 Å². The fourth-order valence-corrected chi connectivity index (χ4v) is 5.44. The Bertz CT molecular complexity index is 796. The molecule has 3 fully saturated rings. The minimum Gasteiger partial charge on any atom is -0.468 e. The summed E-state index contributed by atoms with van der Waals surface area (Å²) >= 11 is 0. The maximum absolute atomic E-state index is 13.2. The van der Waals surface area contributed by atoms with Gasteiger partial charge in [0.2, 0.25) is 11.8 Å². The predicted molar refractivity (Wildman–Crippen MR) is 98.4 cm³/mol. The summed E-state index contributed by atoms with van der Waals surface area (Å²) in [7, 11) is 5.12. The van der Waals surface area contributed by atoms with Crippen molar-refractivity contribution < 1.29 is 19.1 Å². The number of esters is 1. The van der Waals surface area contributed by atoms with E-state index in [0.717, 1.165) is 0 Å². The summed E-state index contributed by atoms with van der Waals surface area (Å²) in [6, 6.07) is 8.45. The van der Waals surface area contributed by atoms with Crippen LogP contribution in [0.4, 0.5) is 5.69 Å². The number of nitrogens with zero attached hydrogens (tertiary/aromatic N) is 3. The van der Waals surface area contributed by atoms with Gasteiger partial charge in [0, 0.05) is 20.1 Å². The lowest BCUT2D eigenvalue weighted by Gasteiger charge is -2.64. The third-order valence-corrected chi connectivity index (χ3v) is 6.59. The number of carbonyl (C=O) groups excluding carboxylic acids is 3. The molecule has 7 nitrogen and oxygen atoms in total. The number of hydrogen-bond donors (Lipinski definition) is 0. The van der Waals surface area contributed by atoms with Gasteiger partial charge in [-0.1, -0.05) is 25.1 Å². The number of rotatable bonds is 3. The first-order chi connectivity index (χ1) is 12.8. The Kier molecular flexibility index (Phi) is 4.12. The molecule has 1 unspecified atom stereocenters. The van der Waals surface area contributed by atoms with Gasteiger partial charge in [0.25, 0.3) is 0 Å². The zero-order chi connectivity index (χ0) is 19.5. The van der Waals surface area contributed by atoms with Gasteiger partial charge in [-0.25, -0.2) is 14.9 Å². The molecule has 0 spiro atoms. The van der Waals surface area contributed by atoms with Gasteiger partial charge in [-0.05, 0) is 30.4 Å². The molecule has 0 radical (unpaired) electrons. The molecule has 4 rings (SSSR count). The zero-order valence-corrected chi connectivity index (χ0v) is 16.1. The van der Waals surface area contributed by atoms with Crippen LogP contribution in [0, 0.1) is 17.3 Å². The van der Waals surface area contributed by atoms with E-state index in [0.29, 0.717) is 18.5 Å². The lowest BCUT2D eigenvalue weighted by atomic mass is 9.48. The molecule has 144 valence electrons. The van der Waals surface area contributed by atoms with Crippen LogP contribution in [0.25, 0.3) is 0 Å². The van der Waals surface area contributed by atoms with Gasteiger partial charge < -0.3 is 4.74 Å². The van der Waals surface area contributed by atoms with Gasteiger partial charge in [0.15, 0.2) is 0 Å². The Hall–Kier alpha value is -2.25. The molecule has 7 heteroatoms. The normalized spacial score (nSPS) is 35.7. The number of methoxy groups -OCH3 is 1. The molecule has 1 aliphatic carbocycles.